The summed E-state index contributed by atoms with van der Waals surface area (Å²) in [5.74, 6) is -1.38. The quantitative estimate of drug-likeness (QED) is 0.762. The lowest BCUT2D eigenvalue weighted by Gasteiger charge is -2.03. The van der Waals surface area contributed by atoms with Gasteiger partial charge in [-0.3, -0.25) is 4.79 Å². The molecule has 0 bridgehead atoms. The van der Waals surface area contributed by atoms with Crippen LogP contribution in [0.4, 0.5) is 8.78 Å². The summed E-state index contributed by atoms with van der Waals surface area (Å²) < 4.78 is 25.8. The van der Waals surface area contributed by atoms with Crippen molar-refractivity contribution in [2.24, 2.45) is 0 Å². The van der Waals surface area contributed by atoms with Gasteiger partial charge in [0.1, 0.15) is 11.6 Å². The molecule has 0 atom stereocenters. The van der Waals surface area contributed by atoms with E-state index in [2.05, 4.69) is 5.32 Å². The average molecular weight is 211 g/mol. The van der Waals surface area contributed by atoms with Gasteiger partial charge < -0.3 is 5.32 Å². The van der Waals surface area contributed by atoms with Gasteiger partial charge in [0.25, 0.3) is 0 Å². The Balaban J connectivity index is 2.64. The van der Waals surface area contributed by atoms with Crippen molar-refractivity contribution in [3.8, 4) is 0 Å². The molecule has 0 aliphatic carbocycles. The molecule has 0 aliphatic rings. The van der Waals surface area contributed by atoms with Crippen LogP contribution in [0.25, 0.3) is 0 Å². The molecule has 0 radical (unpaired) electrons. The predicted molar refractivity (Wildman–Crippen MR) is 53.0 cm³/mol. The van der Waals surface area contributed by atoms with Crippen LogP contribution in [-0.4, -0.2) is 5.91 Å². The largest absolute Gasteiger partial charge is 0.348 e. The Bertz CT molecular complexity index is 388. The zero-order valence-electron chi connectivity index (χ0n) is 8.26. The molecule has 0 heterocycles. The maximum Gasteiger partial charge on any atom is 0.243 e. The fourth-order valence-electron chi connectivity index (χ4n) is 1.07. The Morgan fingerprint density at radius 1 is 1.47 bits per heavy atom. The van der Waals surface area contributed by atoms with E-state index in [1.807, 2.05) is 0 Å². The number of hydrogen-bond donors (Lipinski definition) is 1. The molecule has 4 heteroatoms. The summed E-state index contributed by atoms with van der Waals surface area (Å²) in [6, 6.07) is 3.13. The fraction of sp³-hybridized carbons (Fsp3) is 0.182. The molecule has 1 aromatic carbocycles. The van der Waals surface area contributed by atoms with E-state index in [1.54, 1.807) is 13.0 Å². The first-order chi connectivity index (χ1) is 7.13. The highest BCUT2D eigenvalue weighted by atomic mass is 19.1. The van der Waals surface area contributed by atoms with E-state index < -0.39 is 11.6 Å². The predicted octanol–water partition coefficient (Wildman–Crippen LogP) is 2.16. The fourth-order valence-corrected chi connectivity index (χ4v) is 1.07. The van der Waals surface area contributed by atoms with Crippen molar-refractivity contribution in [2.75, 3.05) is 0 Å². The van der Waals surface area contributed by atoms with E-state index in [-0.39, 0.29) is 18.0 Å². The van der Waals surface area contributed by atoms with Gasteiger partial charge in [-0.05, 0) is 31.2 Å². The van der Waals surface area contributed by atoms with Crippen LogP contribution in [0, 0.1) is 11.6 Å². The Hall–Kier alpha value is -1.71. The highest BCUT2D eigenvalue weighted by Gasteiger charge is 2.04. The number of hydrogen-bond acceptors (Lipinski definition) is 1. The zero-order chi connectivity index (χ0) is 11.3. The van der Waals surface area contributed by atoms with Crippen molar-refractivity contribution < 1.29 is 13.6 Å². The second-order valence-electron chi connectivity index (χ2n) is 2.95. The molecule has 80 valence electrons. The first-order valence-electron chi connectivity index (χ1n) is 4.48. The van der Waals surface area contributed by atoms with Gasteiger partial charge in [-0.2, -0.15) is 0 Å². The molecule has 0 aromatic heterocycles. The van der Waals surface area contributed by atoms with Crippen molar-refractivity contribution in [1.29, 1.82) is 0 Å². The molecule has 1 amide bonds. The Labute approximate surface area is 86.6 Å². The third kappa shape index (κ3) is 3.50. The minimum absolute atomic E-state index is 0.0211. The number of amides is 1. The highest BCUT2D eigenvalue weighted by Crippen LogP contribution is 2.08. The van der Waals surface area contributed by atoms with Gasteiger partial charge in [-0.15, -0.1) is 0 Å². The maximum absolute atomic E-state index is 13.1. The first kappa shape index (κ1) is 11.4. The van der Waals surface area contributed by atoms with E-state index in [0.717, 1.165) is 18.2 Å². The lowest BCUT2D eigenvalue weighted by molar-refractivity contribution is -0.116. The molecule has 15 heavy (non-hydrogen) atoms. The van der Waals surface area contributed by atoms with Crippen LogP contribution in [0.2, 0.25) is 0 Å². The summed E-state index contributed by atoms with van der Waals surface area (Å²) in [5, 5.41) is 2.44. The molecular formula is C11H11F2NO. The van der Waals surface area contributed by atoms with Crippen LogP contribution in [0.5, 0.6) is 0 Å². The van der Waals surface area contributed by atoms with E-state index in [1.165, 1.54) is 6.08 Å². The Morgan fingerprint density at radius 3 is 2.87 bits per heavy atom. The standard InChI is InChI=1S/C11H11F2NO/c1-2-3-11(15)14-7-8-6-9(12)4-5-10(8)13/h2-6H,7H2,1H3,(H,14,15)/b3-2+. The summed E-state index contributed by atoms with van der Waals surface area (Å²) in [5.41, 5.74) is 0.132. The first-order valence-corrected chi connectivity index (χ1v) is 4.48. The molecule has 0 fully saturated rings. The van der Waals surface area contributed by atoms with Crippen LogP contribution < -0.4 is 5.32 Å². The van der Waals surface area contributed by atoms with E-state index in [9.17, 15) is 13.6 Å². The average Bonchev–Trinajstić information content (AvgIpc) is 2.20. The molecule has 0 saturated carbocycles. The van der Waals surface area contributed by atoms with Crippen molar-refractivity contribution >= 4 is 5.91 Å². The van der Waals surface area contributed by atoms with Crippen LogP contribution in [0.15, 0.2) is 30.4 Å². The lowest BCUT2D eigenvalue weighted by atomic mass is 10.2. The van der Waals surface area contributed by atoms with Crippen LogP contribution in [-0.2, 0) is 11.3 Å². The second-order valence-corrected chi connectivity index (χ2v) is 2.95. The molecule has 1 aromatic rings. The summed E-state index contributed by atoms with van der Waals surface area (Å²) in [7, 11) is 0. The Kier molecular flexibility index (Phi) is 3.97. The summed E-state index contributed by atoms with van der Waals surface area (Å²) in [6.45, 7) is 1.68. The van der Waals surface area contributed by atoms with Gasteiger partial charge in [-0.1, -0.05) is 6.08 Å². The smallest absolute Gasteiger partial charge is 0.243 e. The number of allylic oxidation sites excluding steroid dienone is 1. The van der Waals surface area contributed by atoms with Crippen LogP contribution in [0.3, 0.4) is 0 Å². The molecule has 0 spiro atoms. The number of nitrogens with one attached hydrogen (secondary N) is 1. The summed E-state index contributed by atoms with van der Waals surface area (Å²) in [6.07, 6.45) is 2.88. The molecule has 1 rings (SSSR count). The number of halogens is 2. The molecule has 2 nitrogen and oxygen atoms in total. The number of carbonyl (C=O) groups is 1. The van der Waals surface area contributed by atoms with Gasteiger partial charge >= 0.3 is 0 Å². The van der Waals surface area contributed by atoms with Crippen molar-refractivity contribution in [1.82, 2.24) is 5.32 Å². The second kappa shape index (κ2) is 5.24. The minimum atomic E-state index is -0.530. The van der Waals surface area contributed by atoms with Gasteiger partial charge in [0, 0.05) is 12.1 Å². The number of benzene rings is 1. The third-order valence-electron chi connectivity index (χ3n) is 1.78. The molecule has 0 unspecified atom stereocenters. The topological polar surface area (TPSA) is 29.1 Å². The van der Waals surface area contributed by atoms with E-state index in [4.69, 9.17) is 0 Å². The van der Waals surface area contributed by atoms with Crippen molar-refractivity contribution in [2.45, 2.75) is 13.5 Å². The summed E-state index contributed by atoms with van der Waals surface area (Å²) >= 11 is 0. The van der Waals surface area contributed by atoms with Gasteiger partial charge in [0.05, 0.1) is 0 Å². The SMILES string of the molecule is C/C=C/C(=O)NCc1cc(F)ccc1F. The van der Waals surface area contributed by atoms with Gasteiger partial charge in [-0.25, -0.2) is 8.78 Å². The normalized spacial score (nSPS) is 10.6. The van der Waals surface area contributed by atoms with Gasteiger partial charge in [0.2, 0.25) is 5.91 Å². The number of rotatable bonds is 3. The van der Waals surface area contributed by atoms with Crippen LogP contribution in [0.1, 0.15) is 12.5 Å². The molecule has 1 N–H and O–H groups in total. The molecule has 0 aliphatic heterocycles. The molecular weight excluding hydrogens is 200 g/mol. The Morgan fingerprint density at radius 2 is 2.20 bits per heavy atom. The molecule has 0 saturated heterocycles. The van der Waals surface area contributed by atoms with E-state index >= 15 is 0 Å². The van der Waals surface area contributed by atoms with Crippen LogP contribution >= 0.6 is 0 Å². The summed E-state index contributed by atoms with van der Waals surface area (Å²) in [4.78, 5) is 11.0. The zero-order valence-corrected chi connectivity index (χ0v) is 8.26. The monoisotopic (exact) mass is 211 g/mol. The van der Waals surface area contributed by atoms with E-state index in [0.29, 0.717) is 0 Å². The third-order valence-corrected chi connectivity index (χ3v) is 1.78. The lowest BCUT2D eigenvalue weighted by Crippen LogP contribution is -2.20. The van der Waals surface area contributed by atoms with Gasteiger partial charge in [0.15, 0.2) is 0 Å². The minimum Gasteiger partial charge on any atom is -0.348 e. The van der Waals surface area contributed by atoms with Crippen molar-refractivity contribution in [3.05, 3.63) is 47.5 Å². The van der Waals surface area contributed by atoms with Crippen molar-refractivity contribution in [3.63, 3.8) is 0 Å². The highest BCUT2D eigenvalue weighted by molar-refractivity contribution is 5.87. The number of carbonyl (C=O) groups excluding carboxylic acids is 1. The maximum atomic E-state index is 13.1.